The van der Waals surface area contributed by atoms with E-state index in [2.05, 4.69) is 17.9 Å². The summed E-state index contributed by atoms with van der Waals surface area (Å²) >= 11 is 9.50. The molecular formula is C10H11ClN2O3S. The number of benzene rings is 1. The van der Waals surface area contributed by atoms with Gasteiger partial charge < -0.3 is 15.0 Å². The van der Waals surface area contributed by atoms with E-state index in [0.717, 1.165) is 0 Å². The van der Waals surface area contributed by atoms with Crippen LogP contribution in [-0.2, 0) is 0 Å². The molecule has 7 heteroatoms. The molecule has 0 unspecified atom stereocenters. The number of anilines is 1. The summed E-state index contributed by atoms with van der Waals surface area (Å²) in [6.07, 6.45) is -0.631. The zero-order chi connectivity index (χ0) is 13.0. The largest absolute Gasteiger partial charge is 0.412 e. The Morgan fingerprint density at radius 3 is 2.65 bits per heavy atom. The minimum Gasteiger partial charge on any atom is -0.408 e. The van der Waals surface area contributed by atoms with Gasteiger partial charge in [0.1, 0.15) is 0 Å². The Hall–Kier alpha value is -1.40. The summed E-state index contributed by atoms with van der Waals surface area (Å²) in [6.45, 7) is 0. The first-order valence-electron chi connectivity index (χ1n) is 4.61. The van der Waals surface area contributed by atoms with Crippen LogP contribution >= 0.6 is 24.2 Å². The lowest BCUT2D eigenvalue weighted by molar-refractivity contribution is 0.203. The van der Waals surface area contributed by atoms with Crippen molar-refractivity contribution < 1.29 is 14.3 Å². The number of hydrogen-bond donors (Lipinski definition) is 2. The SMILES string of the molecule is CNC(=O)Oc1ccc(Cl)cc1N(C)C(=O)S. The highest BCUT2D eigenvalue weighted by Crippen LogP contribution is 2.31. The Bertz CT molecular complexity index is 453. The van der Waals surface area contributed by atoms with Gasteiger partial charge in [0.25, 0.3) is 5.24 Å². The first kappa shape index (κ1) is 13.7. The highest BCUT2D eigenvalue weighted by Gasteiger charge is 2.15. The third-order valence-corrected chi connectivity index (χ3v) is 2.51. The molecule has 0 radical (unpaired) electrons. The van der Waals surface area contributed by atoms with Crippen molar-refractivity contribution in [3.05, 3.63) is 23.2 Å². The smallest absolute Gasteiger partial charge is 0.408 e. The number of nitrogens with zero attached hydrogens (tertiary/aromatic N) is 1. The van der Waals surface area contributed by atoms with Crippen molar-refractivity contribution in [3.8, 4) is 5.75 Å². The lowest BCUT2D eigenvalue weighted by atomic mass is 10.3. The summed E-state index contributed by atoms with van der Waals surface area (Å²) in [6, 6.07) is 4.56. The number of ether oxygens (including phenoxy) is 1. The molecule has 92 valence electrons. The zero-order valence-electron chi connectivity index (χ0n) is 9.23. The number of amides is 2. The van der Waals surface area contributed by atoms with Gasteiger partial charge in [-0.05, 0) is 18.2 Å². The average Bonchev–Trinajstić information content (AvgIpc) is 2.30. The van der Waals surface area contributed by atoms with E-state index in [-0.39, 0.29) is 5.75 Å². The Labute approximate surface area is 109 Å². The second-order valence-electron chi connectivity index (χ2n) is 3.09. The summed E-state index contributed by atoms with van der Waals surface area (Å²) in [5.74, 6) is 0.221. The quantitative estimate of drug-likeness (QED) is 0.815. The molecule has 0 saturated carbocycles. The first-order valence-corrected chi connectivity index (χ1v) is 5.44. The van der Waals surface area contributed by atoms with Crippen molar-refractivity contribution in [2.45, 2.75) is 0 Å². The molecule has 1 aromatic rings. The number of hydrogen-bond acceptors (Lipinski definition) is 3. The molecule has 5 nitrogen and oxygen atoms in total. The summed E-state index contributed by atoms with van der Waals surface area (Å²) in [5.41, 5.74) is 0.362. The second kappa shape index (κ2) is 5.79. The number of carbonyl (C=O) groups is 2. The van der Waals surface area contributed by atoms with E-state index in [1.807, 2.05) is 0 Å². The van der Waals surface area contributed by atoms with Gasteiger partial charge in [-0.1, -0.05) is 24.2 Å². The number of rotatable bonds is 2. The van der Waals surface area contributed by atoms with Crippen molar-refractivity contribution in [2.24, 2.45) is 0 Å². The minimum atomic E-state index is -0.631. The van der Waals surface area contributed by atoms with Crippen molar-refractivity contribution in [3.63, 3.8) is 0 Å². The van der Waals surface area contributed by atoms with E-state index in [0.29, 0.717) is 10.7 Å². The Morgan fingerprint density at radius 1 is 1.47 bits per heavy atom. The molecule has 0 spiro atoms. The van der Waals surface area contributed by atoms with Crippen LogP contribution in [0.25, 0.3) is 0 Å². The maximum absolute atomic E-state index is 11.2. The number of carbonyl (C=O) groups excluding carboxylic acids is 2. The van der Waals surface area contributed by atoms with Gasteiger partial charge in [-0.25, -0.2) is 4.79 Å². The fourth-order valence-electron chi connectivity index (χ4n) is 1.09. The molecule has 17 heavy (non-hydrogen) atoms. The predicted octanol–water partition coefficient (Wildman–Crippen LogP) is 2.54. The molecule has 0 saturated heterocycles. The van der Waals surface area contributed by atoms with E-state index in [4.69, 9.17) is 16.3 Å². The standard InChI is InChI=1S/C10H11ClN2O3S/c1-12-9(14)16-8-4-3-6(11)5-7(8)13(2)10(15)17/h3-5H,1-2H3,(H,12,14)(H,15,17). The molecule has 0 heterocycles. The highest BCUT2D eigenvalue weighted by molar-refractivity contribution is 7.96. The van der Waals surface area contributed by atoms with Crippen molar-refractivity contribution in [1.29, 1.82) is 0 Å². The fraction of sp³-hybridized carbons (Fsp3) is 0.200. The van der Waals surface area contributed by atoms with Gasteiger partial charge in [-0.15, -0.1) is 0 Å². The predicted molar refractivity (Wildman–Crippen MR) is 69.3 cm³/mol. The van der Waals surface area contributed by atoms with Crippen LogP contribution < -0.4 is 15.0 Å². The van der Waals surface area contributed by atoms with E-state index in [9.17, 15) is 9.59 Å². The molecular weight excluding hydrogens is 264 g/mol. The number of halogens is 1. The lowest BCUT2D eigenvalue weighted by Gasteiger charge is -2.18. The molecule has 0 atom stereocenters. The molecule has 1 N–H and O–H groups in total. The third kappa shape index (κ3) is 3.54. The summed E-state index contributed by atoms with van der Waals surface area (Å²) < 4.78 is 4.98. The first-order chi connectivity index (χ1) is 7.95. The normalized spacial score (nSPS) is 9.65. The van der Waals surface area contributed by atoms with Crippen molar-refractivity contribution in [2.75, 3.05) is 19.0 Å². The van der Waals surface area contributed by atoms with Crippen LogP contribution in [-0.4, -0.2) is 25.4 Å². The van der Waals surface area contributed by atoms with Crippen molar-refractivity contribution >= 4 is 41.2 Å². The van der Waals surface area contributed by atoms with E-state index in [1.54, 1.807) is 6.07 Å². The lowest BCUT2D eigenvalue weighted by Crippen LogP contribution is -2.25. The fourth-order valence-corrected chi connectivity index (χ4v) is 1.37. The van der Waals surface area contributed by atoms with Crippen LogP contribution in [0.1, 0.15) is 0 Å². The Kier molecular flexibility index (Phi) is 4.65. The summed E-state index contributed by atoms with van der Waals surface area (Å²) in [7, 11) is 2.93. The van der Waals surface area contributed by atoms with Gasteiger partial charge in [0.15, 0.2) is 5.75 Å². The van der Waals surface area contributed by atoms with E-state index in [1.165, 1.54) is 31.1 Å². The van der Waals surface area contributed by atoms with Gasteiger partial charge in [-0.2, -0.15) is 0 Å². The number of nitrogens with one attached hydrogen (secondary N) is 1. The monoisotopic (exact) mass is 274 g/mol. The molecule has 0 aliphatic heterocycles. The summed E-state index contributed by atoms with van der Waals surface area (Å²) in [5, 5.41) is 2.24. The molecule has 0 aliphatic rings. The van der Waals surface area contributed by atoms with E-state index < -0.39 is 11.3 Å². The molecule has 1 rings (SSSR count). The molecule has 0 aliphatic carbocycles. The molecule has 0 aromatic heterocycles. The maximum atomic E-state index is 11.2. The van der Waals surface area contributed by atoms with Gasteiger partial charge in [-0.3, -0.25) is 4.79 Å². The van der Waals surface area contributed by atoms with Crippen LogP contribution in [0.3, 0.4) is 0 Å². The Morgan fingerprint density at radius 2 is 2.12 bits per heavy atom. The third-order valence-electron chi connectivity index (χ3n) is 1.98. The van der Waals surface area contributed by atoms with Crippen LogP contribution in [0, 0.1) is 0 Å². The van der Waals surface area contributed by atoms with Crippen LogP contribution in [0.4, 0.5) is 15.3 Å². The molecule has 1 aromatic carbocycles. The minimum absolute atomic E-state index is 0.221. The van der Waals surface area contributed by atoms with Crippen LogP contribution in [0.15, 0.2) is 18.2 Å². The van der Waals surface area contributed by atoms with Crippen molar-refractivity contribution in [1.82, 2.24) is 5.32 Å². The van der Waals surface area contributed by atoms with E-state index >= 15 is 0 Å². The molecule has 0 bridgehead atoms. The average molecular weight is 275 g/mol. The van der Waals surface area contributed by atoms with Crippen LogP contribution in [0.5, 0.6) is 5.75 Å². The van der Waals surface area contributed by atoms with Gasteiger partial charge >= 0.3 is 6.09 Å². The zero-order valence-corrected chi connectivity index (χ0v) is 10.9. The maximum Gasteiger partial charge on any atom is 0.412 e. The summed E-state index contributed by atoms with van der Waals surface area (Å²) in [4.78, 5) is 23.5. The topological polar surface area (TPSA) is 58.6 Å². The van der Waals surface area contributed by atoms with Crippen LogP contribution in [0.2, 0.25) is 5.02 Å². The Balaban J connectivity index is 3.12. The van der Waals surface area contributed by atoms with Gasteiger partial charge in [0, 0.05) is 19.1 Å². The second-order valence-corrected chi connectivity index (χ2v) is 3.91. The molecule has 0 fully saturated rings. The van der Waals surface area contributed by atoms with Gasteiger partial charge in [0.05, 0.1) is 5.69 Å². The molecule has 2 amide bonds. The van der Waals surface area contributed by atoms with Gasteiger partial charge in [0.2, 0.25) is 0 Å². The highest BCUT2D eigenvalue weighted by atomic mass is 35.5. The number of thiol groups is 1.